The number of nitrogens with one attached hydrogen (secondary N) is 2. The third-order valence-corrected chi connectivity index (χ3v) is 6.38. The van der Waals surface area contributed by atoms with E-state index in [0.29, 0.717) is 22.4 Å². The van der Waals surface area contributed by atoms with E-state index in [4.69, 9.17) is 16.9 Å². The molecule has 1 aliphatic rings. The molecule has 0 unspecified atom stereocenters. The van der Waals surface area contributed by atoms with Crippen molar-refractivity contribution in [1.82, 2.24) is 29.5 Å². The number of fused-ring (bicyclic) bond motifs is 1. The summed E-state index contributed by atoms with van der Waals surface area (Å²) < 4.78 is 1.77. The van der Waals surface area contributed by atoms with Gasteiger partial charge in [-0.1, -0.05) is 32.4 Å². The van der Waals surface area contributed by atoms with Gasteiger partial charge in [-0.15, -0.1) is 0 Å². The molecule has 2 N–H and O–H groups in total. The SMILES string of the molecule is CC(C)(C)Cc1nc2ccc(Nc3ncc(Cl)c(NC4CCN(c5ccc(C#N)cn5)CC4)n3)cn2n1. The van der Waals surface area contributed by atoms with Crippen LogP contribution in [0.15, 0.2) is 42.9 Å². The number of halogens is 1. The molecular weight excluding hydrogens is 488 g/mol. The summed E-state index contributed by atoms with van der Waals surface area (Å²) in [4.78, 5) is 20.2. The summed E-state index contributed by atoms with van der Waals surface area (Å²) in [5.74, 6) is 2.75. The summed E-state index contributed by atoms with van der Waals surface area (Å²) in [6.45, 7) is 8.21. The first kappa shape index (κ1) is 24.7. The van der Waals surface area contributed by atoms with Crippen LogP contribution in [0, 0.1) is 16.7 Å². The molecule has 1 fully saturated rings. The topological polar surface area (TPSA) is 120 Å². The first-order valence-electron chi connectivity index (χ1n) is 12.3. The Kier molecular flexibility index (Phi) is 6.80. The van der Waals surface area contributed by atoms with Crippen molar-refractivity contribution in [2.45, 2.75) is 46.1 Å². The van der Waals surface area contributed by atoms with Gasteiger partial charge in [0.05, 0.1) is 23.6 Å². The van der Waals surface area contributed by atoms with E-state index >= 15 is 0 Å². The Morgan fingerprint density at radius 3 is 2.59 bits per heavy atom. The van der Waals surface area contributed by atoms with Crippen molar-refractivity contribution in [3.8, 4) is 6.07 Å². The fourth-order valence-corrected chi connectivity index (χ4v) is 4.44. The third-order valence-electron chi connectivity index (χ3n) is 6.10. The molecule has 0 saturated carbocycles. The lowest BCUT2D eigenvalue weighted by atomic mass is 9.92. The zero-order valence-electron chi connectivity index (χ0n) is 21.1. The molecule has 1 saturated heterocycles. The molecule has 0 radical (unpaired) electrons. The number of nitriles is 1. The Balaban J connectivity index is 1.22. The molecule has 0 bridgehead atoms. The summed E-state index contributed by atoms with van der Waals surface area (Å²) in [5.41, 5.74) is 2.28. The van der Waals surface area contributed by atoms with E-state index in [2.05, 4.69) is 67.4 Å². The second-order valence-electron chi connectivity index (χ2n) is 10.4. The summed E-state index contributed by atoms with van der Waals surface area (Å²) in [6.07, 6.45) is 7.71. The highest BCUT2D eigenvalue weighted by Gasteiger charge is 2.22. The average molecular weight is 517 g/mol. The molecule has 0 aromatic carbocycles. The van der Waals surface area contributed by atoms with Crippen LogP contribution in [0.5, 0.6) is 0 Å². The first-order chi connectivity index (χ1) is 17.8. The first-order valence-corrected chi connectivity index (χ1v) is 12.7. The standard InChI is InChI=1S/C26H29ClN10/c1-26(2,3)12-21-33-23-7-5-19(16-37(23)35-21)32-25-30-15-20(27)24(34-25)31-18-8-10-36(11-9-18)22-6-4-17(13-28)14-29-22/h4-7,14-16,18H,8-12H2,1-3H3,(H2,30,31,32,34). The minimum atomic E-state index is 0.115. The summed E-state index contributed by atoms with van der Waals surface area (Å²) in [6, 6.07) is 9.88. The molecule has 4 aromatic rings. The zero-order chi connectivity index (χ0) is 26.0. The van der Waals surface area contributed by atoms with Gasteiger partial charge in [-0.3, -0.25) is 0 Å². The number of hydrogen-bond acceptors (Lipinski definition) is 9. The highest BCUT2D eigenvalue weighted by atomic mass is 35.5. The minimum absolute atomic E-state index is 0.115. The van der Waals surface area contributed by atoms with Crippen molar-refractivity contribution in [1.29, 1.82) is 5.26 Å². The van der Waals surface area contributed by atoms with Crippen LogP contribution in [0.4, 0.5) is 23.3 Å². The van der Waals surface area contributed by atoms with Crippen LogP contribution in [0.25, 0.3) is 5.65 Å². The van der Waals surface area contributed by atoms with Crippen LogP contribution in [0.2, 0.25) is 5.02 Å². The molecule has 1 aliphatic heterocycles. The Morgan fingerprint density at radius 2 is 1.89 bits per heavy atom. The van der Waals surface area contributed by atoms with Crippen LogP contribution in [-0.4, -0.2) is 48.7 Å². The highest BCUT2D eigenvalue weighted by Crippen LogP contribution is 2.26. The van der Waals surface area contributed by atoms with Gasteiger partial charge in [0.15, 0.2) is 17.3 Å². The molecule has 11 heteroatoms. The quantitative estimate of drug-likeness (QED) is 0.370. The molecule has 5 rings (SSSR count). The van der Waals surface area contributed by atoms with Gasteiger partial charge in [0.1, 0.15) is 16.9 Å². The second-order valence-corrected chi connectivity index (χ2v) is 10.8. The molecule has 0 atom stereocenters. The van der Waals surface area contributed by atoms with Gasteiger partial charge in [0.2, 0.25) is 5.95 Å². The van der Waals surface area contributed by atoms with E-state index in [1.807, 2.05) is 24.4 Å². The van der Waals surface area contributed by atoms with Crippen LogP contribution in [0.1, 0.15) is 45.0 Å². The van der Waals surface area contributed by atoms with Crippen LogP contribution in [0.3, 0.4) is 0 Å². The van der Waals surface area contributed by atoms with Gasteiger partial charge in [-0.05, 0) is 42.5 Å². The molecule has 10 nitrogen and oxygen atoms in total. The van der Waals surface area contributed by atoms with E-state index in [1.54, 1.807) is 23.0 Å². The minimum Gasteiger partial charge on any atom is -0.366 e. The molecule has 0 spiro atoms. The van der Waals surface area contributed by atoms with Gasteiger partial charge < -0.3 is 15.5 Å². The highest BCUT2D eigenvalue weighted by molar-refractivity contribution is 6.32. The van der Waals surface area contributed by atoms with Gasteiger partial charge in [-0.25, -0.2) is 19.5 Å². The number of nitrogens with zero attached hydrogens (tertiary/aromatic N) is 8. The van der Waals surface area contributed by atoms with Crippen LogP contribution in [-0.2, 0) is 6.42 Å². The normalized spacial score (nSPS) is 14.5. The summed E-state index contributed by atoms with van der Waals surface area (Å²) in [5, 5.41) is 20.8. The van der Waals surface area contributed by atoms with Crippen molar-refractivity contribution >= 4 is 40.5 Å². The van der Waals surface area contributed by atoms with Crippen LogP contribution >= 0.6 is 11.6 Å². The summed E-state index contributed by atoms with van der Waals surface area (Å²) in [7, 11) is 0. The fourth-order valence-electron chi connectivity index (χ4n) is 4.30. The number of pyridine rings is 2. The largest absolute Gasteiger partial charge is 0.366 e. The molecule has 5 heterocycles. The predicted molar refractivity (Wildman–Crippen MR) is 144 cm³/mol. The lowest BCUT2D eigenvalue weighted by Gasteiger charge is -2.33. The smallest absolute Gasteiger partial charge is 0.229 e. The lowest BCUT2D eigenvalue weighted by Crippen LogP contribution is -2.39. The van der Waals surface area contributed by atoms with E-state index < -0.39 is 0 Å². The van der Waals surface area contributed by atoms with Gasteiger partial charge in [-0.2, -0.15) is 15.3 Å². The Morgan fingerprint density at radius 1 is 1.08 bits per heavy atom. The number of hydrogen-bond donors (Lipinski definition) is 2. The summed E-state index contributed by atoms with van der Waals surface area (Å²) >= 11 is 6.42. The Labute approximate surface area is 220 Å². The molecule has 37 heavy (non-hydrogen) atoms. The molecule has 4 aromatic heterocycles. The monoisotopic (exact) mass is 516 g/mol. The van der Waals surface area contributed by atoms with Crippen molar-refractivity contribution in [2.75, 3.05) is 28.6 Å². The van der Waals surface area contributed by atoms with Gasteiger partial charge >= 0.3 is 0 Å². The predicted octanol–water partition coefficient (Wildman–Crippen LogP) is 4.85. The number of rotatable bonds is 6. The number of anilines is 4. The second kappa shape index (κ2) is 10.2. The van der Waals surface area contributed by atoms with E-state index in [0.717, 1.165) is 55.3 Å². The lowest BCUT2D eigenvalue weighted by molar-refractivity contribution is 0.401. The van der Waals surface area contributed by atoms with Crippen molar-refractivity contribution in [2.24, 2.45) is 5.41 Å². The van der Waals surface area contributed by atoms with E-state index in [1.165, 1.54) is 0 Å². The fraction of sp³-hybridized carbons (Fsp3) is 0.385. The molecule has 0 aliphatic carbocycles. The Bertz CT molecular complexity index is 1430. The number of piperidine rings is 1. The third kappa shape index (κ3) is 6.06. The zero-order valence-corrected chi connectivity index (χ0v) is 21.9. The maximum atomic E-state index is 8.97. The van der Waals surface area contributed by atoms with Gasteiger partial charge in [0, 0.05) is 31.7 Å². The maximum Gasteiger partial charge on any atom is 0.229 e. The molecular formula is C26H29ClN10. The van der Waals surface area contributed by atoms with E-state index in [9.17, 15) is 0 Å². The van der Waals surface area contributed by atoms with Crippen LogP contribution < -0.4 is 15.5 Å². The van der Waals surface area contributed by atoms with Crippen molar-refractivity contribution in [3.63, 3.8) is 0 Å². The maximum absolute atomic E-state index is 8.97. The average Bonchev–Trinajstić information content (AvgIpc) is 3.26. The van der Waals surface area contributed by atoms with E-state index in [-0.39, 0.29) is 11.5 Å². The van der Waals surface area contributed by atoms with Gasteiger partial charge in [0.25, 0.3) is 0 Å². The molecule has 190 valence electrons. The molecule has 0 amide bonds. The number of aromatic nitrogens is 6. The van der Waals surface area contributed by atoms with Crippen molar-refractivity contribution in [3.05, 3.63) is 59.3 Å². The Hall–Kier alpha value is -3.97. The van der Waals surface area contributed by atoms with Crippen molar-refractivity contribution < 1.29 is 0 Å².